The second kappa shape index (κ2) is 8.25. The zero-order valence-electron chi connectivity index (χ0n) is 15.7. The number of carbonyl (C=O) groups excluding carboxylic acids is 2. The van der Waals surface area contributed by atoms with Crippen LogP contribution in [0.4, 0.5) is 4.39 Å². The first-order valence-electron chi connectivity index (χ1n) is 9.64. The summed E-state index contributed by atoms with van der Waals surface area (Å²) in [4.78, 5) is 25.1. The standard InChI is InChI=1S/C19H23ClFN5O3/c20-12-7-10(1-2-13(12)21)17-16(18(22)27)14-8-23-9-15(26(14)25-17)19(28)24-11-3-5-29-6-4-11/h1-2,7,11-13,15,23H,3-6,8-9H2,(H2,22,27)(H,24,28). The van der Waals surface area contributed by atoms with Crippen molar-refractivity contribution in [3.8, 4) is 0 Å². The first-order valence-corrected chi connectivity index (χ1v) is 10.1. The minimum absolute atomic E-state index is 0.0507. The first-order chi connectivity index (χ1) is 14.0. The van der Waals surface area contributed by atoms with Crippen LogP contribution in [0.15, 0.2) is 18.2 Å². The van der Waals surface area contributed by atoms with Gasteiger partial charge in [0.15, 0.2) is 0 Å². The number of nitrogens with zero attached hydrogens (tertiary/aromatic N) is 2. The summed E-state index contributed by atoms with van der Waals surface area (Å²) in [6, 6.07) is -0.572. The van der Waals surface area contributed by atoms with Gasteiger partial charge in [0.25, 0.3) is 5.91 Å². The minimum Gasteiger partial charge on any atom is -0.381 e. The van der Waals surface area contributed by atoms with Gasteiger partial charge in [-0.15, -0.1) is 11.6 Å². The average Bonchev–Trinajstić information content (AvgIpc) is 3.10. The Bertz CT molecular complexity index is 877. The third-order valence-electron chi connectivity index (χ3n) is 5.43. The molecule has 2 amide bonds. The fraction of sp³-hybridized carbons (Fsp3) is 0.526. The van der Waals surface area contributed by atoms with Crippen LogP contribution in [0.2, 0.25) is 0 Å². The van der Waals surface area contributed by atoms with Gasteiger partial charge in [0.1, 0.15) is 17.9 Å². The summed E-state index contributed by atoms with van der Waals surface area (Å²) in [5.41, 5.74) is 7.21. The molecular weight excluding hydrogens is 401 g/mol. The van der Waals surface area contributed by atoms with Gasteiger partial charge in [-0.1, -0.05) is 12.2 Å². The number of fused-ring (bicyclic) bond motifs is 1. The van der Waals surface area contributed by atoms with E-state index in [1.807, 2.05) is 0 Å². The summed E-state index contributed by atoms with van der Waals surface area (Å²) in [6.07, 6.45) is 4.58. The van der Waals surface area contributed by atoms with Crippen LogP contribution in [0.3, 0.4) is 0 Å². The molecule has 1 aliphatic carbocycles. The van der Waals surface area contributed by atoms with Crippen molar-refractivity contribution in [2.24, 2.45) is 5.73 Å². The van der Waals surface area contributed by atoms with Crippen molar-refractivity contribution in [3.05, 3.63) is 35.2 Å². The predicted octanol–water partition coefficient (Wildman–Crippen LogP) is 0.820. The number of nitrogens with one attached hydrogen (secondary N) is 2. The average molecular weight is 424 g/mol. The maximum Gasteiger partial charge on any atom is 0.252 e. The topological polar surface area (TPSA) is 111 Å². The first kappa shape index (κ1) is 20.1. The fourth-order valence-corrected chi connectivity index (χ4v) is 4.11. The number of hydrogen-bond donors (Lipinski definition) is 3. The van der Waals surface area contributed by atoms with E-state index in [1.54, 1.807) is 4.68 Å². The van der Waals surface area contributed by atoms with Crippen LogP contribution in [-0.2, 0) is 16.1 Å². The fourth-order valence-electron chi connectivity index (χ4n) is 3.89. The molecule has 4 N–H and O–H groups in total. The number of carbonyl (C=O) groups is 2. The Balaban J connectivity index is 1.67. The number of hydrogen-bond acceptors (Lipinski definition) is 5. The van der Waals surface area contributed by atoms with Crippen LogP contribution in [0, 0.1) is 0 Å². The van der Waals surface area contributed by atoms with Crippen LogP contribution < -0.4 is 16.4 Å². The largest absolute Gasteiger partial charge is 0.381 e. The number of rotatable bonds is 4. The SMILES string of the molecule is NC(=O)c1c(C2=CC(Cl)C(F)C=C2)nn2c1CNCC2C(=O)NC1CCOCC1. The number of amides is 2. The second-order valence-corrected chi connectivity index (χ2v) is 7.89. The number of allylic oxidation sites excluding steroid dienone is 4. The van der Waals surface area contributed by atoms with E-state index in [-0.39, 0.29) is 17.5 Å². The van der Waals surface area contributed by atoms with Gasteiger partial charge in [0.2, 0.25) is 5.91 Å². The molecular formula is C19H23ClFN5O3. The van der Waals surface area contributed by atoms with E-state index in [0.29, 0.717) is 43.3 Å². The highest BCUT2D eigenvalue weighted by Gasteiger charge is 2.34. The van der Waals surface area contributed by atoms with E-state index in [0.717, 1.165) is 12.8 Å². The quantitative estimate of drug-likeness (QED) is 0.621. The number of halogens is 2. The summed E-state index contributed by atoms with van der Waals surface area (Å²) in [5, 5.41) is 9.88. The lowest BCUT2D eigenvalue weighted by atomic mass is 9.98. The van der Waals surface area contributed by atoms with Crippen molar-refractivity contribution in [1.82, 2.24) is 20.4 Å². The lowest BCUT2D eigenvalue weighted by molar-refractivity contribution is -0.126. The summed E-state index contributed by atoms with van der Waals surface area (Å²) in [5.74, 6) is -0.834. The molecule has 1 aromatic rings. The normalized spacial score (nSPS) is 27.2. The smallest absolute Gasteiger partial charge is 0.252 e. The van der Waals surface area contributed by atoms with Crippen molar-refractivity contribution >= 4 is 29.0 Å². The van der Waals surface area contributed by atoms with Crippen molar-refractivity contribution in [3.63, 3.8) is 0 Å². The number of nitrogens with two attached hydrogens (primary N) is 1. The maximum absolute atomic E-state index is 13.7. The van der Waals surface area contributed by atoms with E-state index in [1.165, 1.54) is 18.2 Å². The van der Waals surface area contributed by atoms with Crippen molar-refractivity contribution in [1.29, 1.82) is 0 Å². The highest BCUT2D eigenvalue weighted by molar-refractivity contribution is 6.23. The number of ether oxygens (including phenoxy) is 1. The lowest BCUT2D eigenvalue weighted by Gasteiger charge is -2.29. The Labute approximate surface area is 172 Å². The third kappa shape index (κ3) is 3.94. The molecule has 4 rings (SSSR count). The van der Waals surface area contributed by atoms with Crippen molar-refractivity contribution in [2.75, 3.05) is 19.8 Å². The summed E-state index contributed by atoms with van der Waals surface area (Å²) in [6.45, 7) is 1.96. The Hall–Kier alpha value is -2.23. The van der Waals surface area contributed by atoms with Crippen LogP contribution in [0.1, 0.15) is 40.6 Å². The van der Waals surface area contributed by atoms with Gasteiger partial charge in [0.05, 0.1) is 16.6 Å². The molecule has 10 heteroatoms. The van der Waals surface area contributed by atoms with Crippen LogP contribution >= 0.6 is 11.6 Å². The molecule has 3 heterocycles. The van der Waals surface area contributed by atoms with Crippen LogP contribution in [-0.4, -0.2) is 58.9 Å². The second-order valence-electron chi connectivity index (χ2n) is 7.39. The summed E-state index contributed by atoms with van der Waals surface area (Å²) < 4.78 is 20.6. The van der Waals surface area contributed by atoms with Gasteiger partial charge in [-0.2, -0.15) is 5.10 Å². The molecule has 1 saturated heterocycles. The van der Waals surface area contributed by atoms with Gasteiger partial charge < -0.3 is 21.1 Å². The number of primary amides is 1. The molecule has 0 aromatic carbocycles. The lowest BCUT2D eigenvalue weighted by Crippen LogP contribution is -2.47. The molecule has 3 aliphatic rings. The Morgan fingerprint density at radius 3 is 2.83 bits per heavy atom. The Kier molecular flexibility index (Phi) is 5.71. The zero-order valence-corrected chi connectivity index (χ0v) is 16.5. The number of alkyl halides is 2. The molecule has 2 aliphatic heterocycles. The molecule has 8 nitrogen and oxygen atoms in total. The Morgan fingerprint density at radius 2 is 2.14 bits per heavy atom. The predicted molar refractivity (Wildman–Crippen MR) is 105 cm³/mol. The van der Waals surface area contributed by atoms with E-state index in [4.69, 9.17) is 22.1 Å². The van der Waals surface area contributed by atoms with Crippen LogP contribution in [0.5, 0.6) is 0 Å². The van der Waals surface area contributed by atoms with Crippen LogP contribution in [0.25, 0.3) is 5.57 Å². The van der Waals surface area contributed by atoms with Gasteiger partial charge in [0, 0.05) is 37.9 Å². The molecule has 0 saturated carbocycles. The summed E-state index contributed by atoms with van der Waals surface area (Å²) in [7, 11) is 0. The monoisotopic (exact) mass is 423 g/mol. The number of aromatic nitrogens is 2. The molecule has 1 fully saturated rings. The molecule has 1 aromatic heterocycles. The minimum atomic E-state index is -1.31. The molecule has 29 heavy (non-hydrogen) atoms. The van der Waals surface area contributed by atoms with E-state index < -0.39 is 23.5 Å². The van der Waals surface area contributed by atoms with E-state index in [2.05, 4.69) is 15.7 Å². The van der Waals surface area contributed by atoms with Gasteiger partial charge >= 0.3 is 0 Å². The molecule has 0 bridgehead atoms. The molecule has 0 spiro atoms. The third-order valence-corrected chi connectivity index (χ3v) is 5.79. The van der Waals surface area contributed by atoms with Gasteiger partial charge in [-0.3, -0.25) is 14.3 Å². The van der Waals surface area contributed by atoms with Crippen molar-refractivity contribution < 1.29 is 18.7 Å². The Morgan fingerprint density at radius 1 is 1.38 bits per heavy atom. The molecule has 0 radical (unpaired) electrons. The highest BCUT2D eigenvalue weighted by Crippen LogP contribution is 2.31. The maximum atomic E-state index is 13.7. The van der Waals surface area contributed by atoms with Gasteiger partial charge in [-0.05, 0) is 18.9 Å². The van der Waals surface area contributed by atoms with E-state index in [9.17, 15) is 14.0 Å². The highest BCUT2D eigenvalue weighted by atomic mass is 35.5. The van der Waals surface area contributed by atoms with Crippen molar-refractivity contribution in [2.45, 2.75) is 43.0 Å². The van der Waals surface area contributed by atoms with Gasteiger partial charge in [-0.25, -0.2) is 4.39 Å². The summed E-state index contributed by atoms with van der Waals surface area (Å²) >= 11 is 6.02. The molecule has 3 atom stereocenters. The zero-order chi connectivity index (χ0) is 20.5. The molecule has 156 valence electrons. The van der Waals surface area contributed by atoms with E-state index >= 15 is 0 Å². The molecule has 3 unspecified atom stereocenters.